The third kappa shape index (κ3) is 4.74. The van der Waals surface area contributed by atoms with E-state index in [1.54, 1.807) is 49.9 Å². The number of rotatable bonds is 8. The molecule has 2 aromatic heterocycles. The number of alkyl halides is 4. The van der Waals surface area contributed by atoms with Crippen LogP contribution in [0.15, 0.2) is 30.3 Å². The molecule has 0 aliphatic carbocycles. The van der Waals surface area contributed by atoms with E-state index >= 15 is 0 Å². The smallest absolute Gasteiger partial charge is 0.282 e. The molecule has 0 radical (unpaired) electrons. The first-order valence-corrected chi connectivity index (χ1v) is 9.65. The number of aryl methyl sites for hydroxylation is 2. The minimum atomic E-state index is -2.97. The lowest BCUT2D eigenvalue weighted by Gasteiger charge is -2.12. The first kappa shape index (κ1) is 23.2. The molecule has 0 atom stereocenters. The minimum Gasteiger partial charge on any atom is -0.496 e. The fourth-order valence-electron chi connectivity index (χ4n) is 3.43. The largest absolute Gasteiger partial charge is 0.496 e. The molecule has 170 valence electrons. The fraction of sp³-hybridized carbons (Fsp3) is 0.318. The number of nitrogens with zero attached hydrogens (tertiary/aromatic N) is 4. The molecule has 0 amide bonds. The van der Waals surface area contributed by atoms with Crippen LogP contribution in [0, 0.1) is 13.8 Å². The van der Waals surface area contributed by atoms with Crippen LogP contribution in [0.3, 0.4) is 0 Å². The summed E-state index contributed by atoms with van der Waals surface area (Å²) in [6.45, 7) is 3.34. The quantitative estimate of drug-likeness (QED) is 0.273. The molecule has 0 saturated heterocycles. The van der Waals surface area contributed by atoms with Gasteiger partial charge in [0.15, 0.2) is 5.78 Å². The molecule has 2 heterocycles. The Labute approximate surface area is 182 Å². The lowest BCUT2D eigenvalue weighted by Crippen LogP contribution is -2.08. The molecular formula is C22H22F4N4O2. The van der Waals surface area contributed by atoms with E-state index in [0.29, 0.717) is 34.2 Å². The van der Waals surface area contributed by atoms with E-state index in [0.717, 1.165) is 10.4 Å². The molecule has 10 heteroatoms. The number of aromatic nitrogens is 4. The lowest BCUT2D eigenvalue weighted by molar-refractivity contribution is 0.104. The normalized spacial score (nSPS) is 11.8. The van der Waals surface area contributed by atoms with Gasteiger partial charge in [0.1, 0.15) is 17.1 Å². The van der Waals surface area contributed by atoms with Crippen molar-refractivity contribution < 1.29 is 27.1 Å². The van der Waals surface area contributed by atoms with Gasteiger partial charge in [-0.3, -0.25) is 14.2 Å². The number of carbonyl (C=O) groups excluding carboxylic acids is 1. The Hall–Kier alpha value is -3.43. The van der Waals surface area contributed by atoms with Crippen LogP contribution >= 0.6 is 0 Å². The van der Waals surface area contributed by atoms with Crippen molar-refractivity contribution >= 4 is 11.9 Å². The van der Waals surface area contributed by atoms with Gasteiger partial charge >= 0.3 is 0 Å². The van der Waals surface area contributed by atoms with E-state index in [1.165, 1.54) is 13.2 Å². The van der Waals surface area contributed by atoms with E-state index in [4.69, 9.17) is 4.74 Å². The Kier molecular flexibility index (Phi) is 6.81. The van der Waals surface area contributed by atoms with Crippen LogP contribution in [-0.4, -0.2) is 32.5 Å². The number of ether oxygens (including phenoxy) is 1. The average Bonchev–Trinajstić information content (AvgIpc) is 3.27. The number of benzene rings is 1. The molecule has 0 unspecified atom stereocenters. The SMILES string of the molecule is COc1ccc(/C=C/C(=O)c2c(C)nn(C)c2C)cc1Cn1nc(C(F)F)cc1C(F)F. The first-order chi connectivity index (χ1) is 15.1. The zero-order chi connectivity index (χ0) is 23.6. The molecule has 1 aromatic carbocycles. The summed E-state index contributed by atoms with van der Waals surface area (Å²) in [5.74, 6) is 0.154. The van der Waals surface area contributed by atoms with E-state index in [9.17, 15) is 22.4 Å². The Morgan fingerprint density at radius 2 is 1.84 bits per heavy atom. The highest BCUT2D eigenvalue weighted by atomic mass is 19.3. The topological polar surface area (TPSA) is 61.9 Å². The van der Waals surface area contributed by atoms with Gasteiger partial charge in [-0.15, -0.1) is 0 Å². The van der Waals surface area contributed by atoms with Crippen molar-refractivity contribution in [1.29, 1.82) is 0 Å². The second kappa shape index (κ2) is 9.37. The van der Waals surface area contributed by atoms with Gasteiger partial charge in [-0.2, -0.15) is 10.2 Å². The molecule has 0 aliphatic heterocycles. The van der Waals surface area contributed by atoms with Crippen molar-refractivity contribution in [2.24, 2.45) is 7.05 Å². The third-order valence-corrected chi connectivity index (χ3v) is 5.08. The van der Waals surface area contributed by atoms with Gasteiger partial charge in [-0.25, -0.2) is 17.6 Å². The van der Waals surface area contributed by atoms with Gasteiger partial charge in [0.2, 0.25) is 0 Å². The van der Waals surface area contributed by atoms with Crippen LogP contribution in [0.4, 0.5) is 17.6 Å². The van der Waals surface area contributed by atoms with Gasteiger partial charge in [-0.1, -0.05) is 12.1 Å². The first-order valence-electron chi connectivity index (χ1n) is 9.65. The summed E-state index contributed by atoms with van der Waals surface area (Å²) >= 11 is 0. The second-order valence-electron chi connectivity index (χ2n) is 7.19. The van der Waals surface area contributed by atoms with Gasteiger partial charge in [0.25, 0.3) is 12.9 Å². The van der Waals surface area contributed by atoms with Gasteiger partial charge in [0, 0.05) is 18.3 Å². The van der Waals surface area contributed by atoms with Gasteiger partial charge in [-0.05, 0) is 43.7 Å². The zero-order valence-corrected chi connectivity index (χ0v) is 17.9. The number of ketones is 1. The Morgan fingerprint density at radius 1 is 1.12 bits per heavy atom. The predicted octanol–water partition coefficient (Wildman–Crippen LogP) is 5.06. The van der Waals surface area contributed by atoms with Crippen LogP contribution in [0.25, 0.3) is 6.08 Å². The fourth-order valence-corrected chi connectivity index (χ4v) is 3.43. The molecule has 0 N–H and O–H groups in total. The number of halogens is 4. The number of carbonyl (C=O) groups is 1. The maximum atomic E-state index is 13.3. The van der Waals surface area contributed by atoms with Gasteiger partial charge < -0.3 is 4.74 Å². The van der Waals surface area contributed by atoms with Crippen molar-refractivity contribution in [2.45, 2.75) is 33.2 Å². The average molecular weight is 450 g/mol. The molecule has 3 aromatic rings. The van der Waals surface area contributed by atoms with E-state index in [-0.39, 0.29) is 12.3 Å². The number of methoxy groups -OCH3 is 1. The van der Waals surface area contributed by atoms with Crippen molar-refractivity contribution in [2.75, 3.05) is 7.11 Å². The summed E-state index contributed by atoms with van der Waals surface area (Å²) in [7, 11) is 3.16. The summed E-state index contributed by atoms with van der Waals surface area (Å²) in [5.41, 5.74) is 1.58. The second-order valence-corrected chi connectivity index (χ2v) is 7.19. The number of allylic oxidation sites excluding steroid dienone is 1. The predicted molar refractivity (Wildman–Crippen MR) is 110 cm³/mol. The van der Waals surface area contributed by atoms with E-state index < -0.39 is 24.2 Å². The summed E-state index contributed by atoms with van der Waals surface area (Å²) < 4.78 is 60.3. The standard InChI is InChI=1S/C22H22F4N4O2/c1-12-20(13(2)29(3)27-12)18(31)7-5-14-6-8-19(32-4)15(9-14)11-30-17(22(25)26)10-16(28-30)21(23)24/h5-10,21-22H,11H2,1-4H3/b7-5+. The molecule has 0 fully saturated rings. The van der Waals surface area contributed by atoms with E-state index in [1.807, 2.05) is 0 Å². The molecule has 6 nitrogen and oxygen atoms in total. The number of hydrogen-bond acceptors (Lipinski definition) is 4. The highest BCUT2D eigenvalue weighted by Gasteiger charge is 2.22. The molecule has 0 spiro atoms. The Bertz CT molecular complexity index is 1170. The molecule has 0 aliphatic rings. The highest BCUT2D eigenvalue weighted by Crippen LogP contribution is 2.28. The van der Waals surface area contributed by atoms with Crippen LogP contribution in [0.2, 0.25) is 0 Å². The summed E-state index contributed by atoms with van der Waals surface area (Å²) in [5, 5.41) is 7.84. The Morgan fingerprint density at radius 3 is 2.41 bits per heavy atom. The summed E-state index contributed by atoms with van der Waals surface area (Å²) in [4.78, 5) is 12.6. The summed E-state index contributed by atoms with van der Waals surface area (Å²) in [6, 6.07) is 5.63. The van der Waals surface area contributed by atoms with Crippen LogP contribution < -0.4 is 4.74 Å². The third-order valence-electron chi connectivity index (χ3n) is 5.08. The number of hydrogen-bond donors (Lipinski definition) is 0. The van der Waals surface area contributed by atoms with E-state index in [2.05, 4.69) is 10.2 Å². The van der Waals surface area contributed by atoms with Crippen molar-refractivity contribution in [3.8, 4) is 5.75 Å². The monoisotopic (exact) mass is 450 g/mol. The molecule has 32 heavy (non-hydrogen) atoms. The van der Waals surface area contributed by atoms with Crippen molar-refractivity contribution in [3.05, 3.63) is 69.8 Å². The minimum absolute atomic E-state index is 0.202. The van der Waals surface area contributed by atoms with Crippen LogP contribution in [-0.2, 0) is 13.6 Å². The molecule has 0 saturated carbocycles. The Balaban J connectivity index is 1.91. The molecular weight excluding hydrogens is 428 g/mol. The zero-order valence-electron chi connectivity index (χ0n) is 17.9. The maximum absolute atomic E-state index is 13.3. The van der Waals surface area contributed by atoms with Gasteiger partial charge in [0.05, 0.1) is 24.9 Å². The summed E-state index contributed by atoms with van der Waals surface area (Å²) in [6.07, 6.45) is -2.95. The highest BCUT2D eigenvalue weighted by molar-refractivity contribution is 6.08. The van der Waals surface area contributed by atoms with Crippen molar-refractivity contribution in [3.63, 3.8) is 0 Å². The van der Waals surface area contributed by atoms with Crippen LogP contribution in [0.1, 0.15) is 57.1 Å². The van der Waals surface area contributed by atoms with Crippen LogP contribution in [0.5, 0.6) is 5.75 Å². The van der Waals surface area contributed by atoms with Crippen molar-refractivity contribution in [1.82, 2.24) is 19.6 Å². The maximum Gasteiger partial charge on any atom is 0.282 e. The molecule has 3 rings (SSSR count). The molecule has 0 bridgehead atoms. The lowest BCUT2D eigenvalue weighted by atomic mass is 10.1.